The molecular formula is C20H19N3O3. The normalized spacial score (nSPS) is 10.3. The number of rotatable bonds is 6. The average molecular weight is 349 g/mol. The molecule has 0 fully saturated rings. The fraction of sp³-hybridized carbons (Fsp3) is 0.150. The molecule has 0 radical (unpaired) electrons. The lowest BCUT2D eigenvalue weighted by molar-refractivity contribution is 0.0943. The van der Waals surface area contributed by atoms with Crippen molar-refractivity contribution in [1.82, 2.24) is 15.6 Å². The summed E-state index contributed by atoms with van der Waals surface area (Å²) in [6, 6.07) is 14.5. The minimum Gasteiger partial charge on any atom is -0.467 e. The molecule has 0 saturated heterocycles. The van der Waals surface area contributed by atoms with E-state index in [-0.39, 0.29) is 24.1 Å². The van der Waals surface area contributed by atoms with Crippen LogP contribution < -0.4 is 10.6 Å². The third-order valence-electron chi connectivity index (χ3n) is 3.83. The molecule has 0 aliphatic rings. The van der Waals surface area contributed by atoms with Gasteiger partial charge in [-0.1, -0.05) is 29.8 Å². The van der Waals surface area contributed by atoms with E-state index in [0.717, 1.165) is 5.56 Å². The van der Waals surface area contributed by atoms with E-state index in [1.807, 2.05) is 31.2 Å². The Hall–Kier alpha value is -3.41. The van der Waals surface area contributed by atoms with Crippen LogP contribution >= 0.6 is 0 Å². The summed E-state index contributed by atoms with van der Waals surface area (Å²) >= 11 is 0. The van der Waals surface area contributed by atoms with Crippen LogP contribution in [0.15, 0.2) is 65.4 Å². The second-order valence-corrected chi connectivity index (χ2v) is 5.86. The van der Waals surface area contributed by atoms with E-state index >= 15 is 0 Å². The largest absolute Gasteiger partial charge is 0.467 e. The molecule has 26 heavy (non-hydrogen) atoms. The summed E-state index contributed by atoms with van der Waals surface area (Å²) in [6.45, 7) is 2.69. The van der Waals surface area contributed by atoms with Crippen molar-refractivity contribution in [3.05, 3.63) is 89.1 Å². The number of aromatic nitrogens is 1. The number of aryl methyl sites for hydroxylation is 1. The van der Waals surface area contributed by atoms with Gasteiger partial charge in [0, 0.05) is 18.3 Å². The maximum absolute atomic E-state index is 12.3. The van der Waals surface area contributed by atoms with Crippen LogP contribution in [0.2, 0.25) is 0 Å². The highest BCUT2D eigenvalue weighted by atomic mass is 16.3. The van der Waals surface area contributed by atoms with Crippen molar-refractivity contribution in [3.63, 3.8) is 0 Å². The topological polar surface area (TPSA) is 84.2 Å². The van der Waals surface area contributed by atoms with Crippen molar-refractivity contribution in [3.8, 4) is 0 Å². The van der Waals surface area contributed by atoms with E-state index in [0.29, 0.717) is 17.9 Å². The minimum absolute atomic E-state index is 0.180. The maximum Gasteiger partial charge on any atom is 0.270 e. The molecule has 2 heterocycles. The van der Waals surface area contributed by atoms with Crippen LogP contribution in [0.3, 0.4) is 0 Å². The van der Waals surface area contributed by atoms with E-state index in [1.54, 1.807) is 24.5 Å². The highest BCUT2D eigenvalue weighted by molar-refractivity contribution is 5.98. The van der Waals surface area contributed by atoms with Crippen molar-refractivity contribution < 1.29 is 14.0 Å². The standard InChI is InChI=1S/C20H19N3O3/c1-14-4-6-15(7-5-14)12-22-19(24)16-8-9-21-18(11-16)20(25)23-13-17-3-2-10-26-17/h2-11H,12-13H2,1H3,(H,22,24)(H,23,25). The molecule has 0 unspecified atom stereocenters. The van der Waals surface area contributed by atoms with Crippen LogP contribution in [-0.2, 0) is 13.1 Å². The van der Waals surface area contributed by atoms with Gasteiger partial charge in [-0.3, -0.25) is 14.6 Å². The number of nitrogens with one attached hydrogen (secondary N) is 2. The third kappa shape index (κ3) is 4.57. The van der Waals surface area contributed by atoms with Gasteiger partial charge >= 0.3 is 0 Å². The summed E-state index contributed by atoms with van der Waals surface area (Å²) in [5, 5.41) is 5.55. The van der Waals surface area contributed by atoms with E-state index in [4.69, 9.17) is 4.42 Å². The van der Waals surface area contributed by atoms with Gasteiger partial charge in [-0.05, 0) is 36.8 Å². The lowest BCUT2D eigenvalue weighted by atomic mass is 10.1. The number of amides is 2. The van der Waals surface area contributed by atoms with Gasteiger partial charge in [0.05, 0.1) is 12.8 Å². The van der Waals surface area contributed by atoms with Gasteiger partial charge in [0.1, 0.15) is 11.5 Å². The molecule has 0 atom stereocenters. The Balaban J connectivity index is 1.59. The van der Waals surface area contributed by atoms with Crippen molar-refractivity contribution >= 4 is 11.8 Å². The number of benzene rings is 1. The number of furan rings is 1. The molecular weight excluding hydrogens is 330 g/mol. The van der Waals surface area contributed by atoms with Gasteiger partial charge in [0.2, 0.25) is 0 Å². The van der Waals surface area contributed by atoms with Crippen LogP contribution in [0.5, 0.6) is 0 Å². The van der Waals surface area contributed by atoms with Gasteiger partial charge in [-0.15, -0.1) is 0 Å². The summed E-state index contributed by atoms with van der Waals surface area (Å²) in [5.41, 5.74) is 2.74. The first kappa shape index (κ1) is 17.4. The molecule has 2 aromatic heterocycles. The molecule has 3 rings (SSSR count). The monoisotopic (exact) mass is 349 g/mol. The zero-order valence-corrected chi connectivity index (χ0v) is 14.4. The maximum atomic E-state index is 12.3. The van der Waals surface area contributed by atoms with Gasteiger partial charge in [-0.25, -0.2) is 0 Å². The Morgan fingerprint density at radius 1 is 1.00 bits per heavy atom. The summed E-state index contributed by atoms with van der Waals surface area (Å²) in [4.78, 5) is 28.5. The summed E-state index contributed by atoms with van der Waals surface area (Å²) in [7, 11) is 0. The van der Waals surface area contributed by atoms with Gasteiger partial charge in [-0.2, -0.15) is 0 Å². The Kier molecular flexibility index (Phi) is 5.43. The molecule has 132 valence electrons. The van der Waals surface area contributed by atoms with E-state index in [9.17, 15) is 9.59 Å². The molecule has 1 aromatic carbocycles. The van der Waals surface area contributed by atoms with E-state index < -0.39 is 0 Å². The molecule has 2 N–H and O–H groups in total. The summed E-state index contributed by atoms with van der Waals surface area (Å²) in [5.74, 6) is 0.0213. The molecule has 0 aliphatic carbocycles. The molecule has 3 aromatic rings. The SMILES string of the molecule is Cc1ccc(CNC(=O)c2ccnc(C(=O)NCc3ccco3)c2)cc1. The Bertz CT molecular complexity index is 887. The molecule has 6 nitrogen and oxygen atoms in total. The number of nitrogens with zero attached hydrogens (tertiary/aromatic N) is 1. The minimum atomic E-state index is -0.366. The molecule has 0 spiro atoms. The molecule has 0 bridgehead atoms. The smallest absolute Gasteiger partial charge is 0.270 e. The zero-order valence-electron chi connectivity index (χ0n) is 14.4. The van der Waals surface area contributed by atoms with Gasteiger partial charge < -0.3 is 15.1 Å². The second-order valence-electron chi connectivity index (χ2n) is 5.86. The number of hydrogen-bond donors (Lipinski definition) is 2. The first-order valence-electron chi connectivity index (χ1n) is 8.22. The number of pyridine rings is 1. The molecule has 2 amide bonds. The fourth-order valence-electron chi connectivity index (χ4n) is 2.36. The quantitative estimate of drug-likeness (QED) is 0.717. The number of carbonyl (C=O) groups excluding carboxylic acids is 2. The highest BCUT2D eigenvalue weighted by Gasteiger charge is 2.12. The lowest BCUT2D eigenvalue weighted by Crippen LogP contribution is -2.26. The summed E-state index contributed by atoms with van der Waals surface area (Å²) < 4.78 is 5.16. The van der Waals surface area contributed by atoms with Crippen molar-refractivity contribution in [2.75, 3.05) is 0 Å². The van der Waals surface area contributed by atoms with Crippen molar-refractivity contribution in [1.29, 1.82) is 0 Å². The highest BCUT2D eigenvalue weighted by Crippen LogP contribution is 2.06. The first-order chi connectivity index (χ1) is 12.6. The van der Waals surface area contributed by atoms with Crippen LogP contribution in [0.4, 0.5) is 0 Å². The van der Waals surface area contributed by atoms with Crippen LogP contribution in [-0.4, -0.2) is 16.8 Å². The summed E-state index contributed by atoms with van der Waals surface area (Å²) in [6.07, 6.45) is 2.99. The average Bonchev–Trinajstić information content (AvgIpc) is 3.19. The second kappa shape index (κ2) is 8.11. The lowest BCUT2D eigenvalue weighted by Gasteiger charge is -2.07. The van der Waals surface area contributed by atoms with E-state index in [1.165, 1.54) is 17.8 Å². The van der Waals surface area contributed by atoms with E-state index in [2.05, 4.69) is 15.6 Å². The van der Waals surface area contributed by atoms with Crippen LogP contribution in [0.1, 0.15) is 37.7 Å². The third-order valence-corrected chi connectivity index (χ3v) is 3.83. The Labute approximate surface area is 151 Å². The first-order valence-corrected chi connectivity index (χ1v) is 8.22. The fourth-order valence-corrected chi connectivity index (χ4v) is 2.36. The molecule has 0 saturated carbocycles. The van der Waals surface area contributed by atoms with Crippen molar-refractivity contribution in [2.24, 2.45) is 0 Å². The predicted molar refractivity (Wildman–Crippen MR) is 96.5 cm³/mol. The Morgan fingerprint density at radius 2 is 1.77 bits per heavy atom. The number of carbonyl (C=O) groups is 2. The molecule has 0 aliphatic heterocycles. The Morgan fingerprint density at radius 3 is 2.50 bits per heavy atom. The van der Waals surface area contributed by atoms with Crippen molar-refractivity contribution in [2.45, 2.75) is 20.0 Å². The predicted octanol–water partition coefficient (Wildman–Crippen LogP) is 2.84. The molecule has 6 heteroatoms. The van der Waals surface area contributed by atoms with Crippen LogP contribution in [0, 0.1) is 6.92 Å². The van der Waals surface area contributed by atoms with Gasteiger partial charge in [0.25, 0.3) is 11.8 Å². The van der Waals surface area contributed by atoms with Gasteiger partial charge in [0.15, 0.2) is 0 Å². The zero-order chi connectivity index (χ0) is 18.4. The number of hydrogen-bond acceptors (Lipinski definition) is 4. The van der Waals surface area contributed by atoms with Crippen LogP contribution in [0.25, 0.3) is 0 Å².